The maximum atomic E-state index is 14.7. The molecule has 0 aliphatic carbocycles. The minimum absolute atomic E-state index is 0.0705. The number of hydrogen-bond donors (Lipinski definition) is 1. The first-order valence-corrected chi connectivity index (χ1v) is 16.8. The number of aryl methyl sites for hydroxylation is 6. The number of carbonyl (C=O) groups is 2. The summed E-state index contributed by atoms with van der Waals surface area (Å²) >= 11 is 13.3. The quantitative estimate of drug-likeness (QED) is 0.161. The van der Waals surface area contributed by atoms with Gasteiger partial charge in [-0.25, -0.2) is 4.79 Å². The number of rotatable bonds is 8. The molecule has 1 aliphatic rings. The zero-order chi connectivity index (χ0) is 36.2. The van der Waals surface area contributed by atoms with Crippen molar-refractivity contribution < 1.29 is 32.6 Å². The lowest BCUT2D eigenvalue weighted by Gasteiger charge is -2.23. The number of ether oxygens (including phenoxy) is 1. The molecule has 1 N–H and O–H groups in total. The Morgan fingerprint density at radius 3 is 2.32 bits per heavy atom. The van der Waals surface area contributed by atoms with Gasteiger partial charge in [-0.3, -0.25) is 9.48 Å². The molecule has 13 heteroatoms. The normalized spacial score (nSPS) is 13.6. The third-order valence-electron chi connectivity index (χ3n) is 9.30. The minimum atomic E-state index is -4.82. The number of carbonyl (C=O) groups excluding carboxylic acids is 1. The van der Waals surface area contributed by atoms with Gasteiger partial charge in [-0.05, 0) is 100 Å². The molecule has 262 valence electrons. The molecule has 5 aromatic rings. The number of aromatic carboxylic acids is 1. The number of carboxylic acids is 1. The van der Waals surface area contributed by atoms with Crippen molar-refractivity contribution >= 4 is 51.7 Å². The van der Waals surface area contributed by atoms with Crippen LogP contribution in [0.3, 0.4) is 0 Å². The summed E-state index contributed by atoms with van der Waals surface area (Å²) < 4.78 is 51.6. The summed E-state index contributed by atoms with van der Waals surface area (Å²) in [6, 6.07) is 9.91. The molecule has 1 aliphatic heterocycles. The van der Waals surface area contributed by atoms with E-state index in [0.717, 1.165) is 56.7 Å². The number of fused-ring (bicyclic) bond motifs is 3. The van der Waals surface area contributed by atoms with E-state index in [1.807, 2.05) is 57.5 Å². The Kier molecular flexibility index (Phi) is 9.43. The average Bonchev–Trinajstić information content (AvgIpc) is 3.42. The summed E-state index contributed by atoms with van der Waals surface area (Å²) in [6.07, 6.45) is -3.52. The lowest BCUT2D eigenvalue weighted by Crippen LogP contribution is -2.32. The molecule has 50 heavy (non-hydrogen) atoms. The van der Waals surface area contributed by atoms with Crippen LogP contribution in [0.2, 0.25) is 10.0 Å². The molecular weight excluding hydrogens is 692 g/mol. The van der Waals surface area contributed by atoms with Crippen LogP contribution in [0.5, 0.6) is 5.75 Å². The Hall–Kier alpha value is -4.48. The van der Waals surface area contributed by atoms with Crippen molar-refractivity contribution in [3.05, 3.63) is 97.4 Å². The largest absolute Gasteiger partial charge is 0.494 e. The molecule has 2 aromatic heterocycles. The maximum absolute atomic E-state index is 14.7. The highest BCUT2D eigenvalue weighted by Crippen LogP contribution is 2.43. The molecule has 0 saturated heterocycles. The van der Waals surface area contributed by atoms with Crippen molar-refractivity contribution in [1.82, 2.24) is 14.3 Å². The summed E-state index contributed by atoms with van der Waals surface area (Å²) in [6.45, 7) is 8.39. The zero-order valence-corrected chi connectivity index (χ0v) is 29.6. The number of hydrogen-bond acceptors (Lipinski definition) is 4. The summed E-state index contributed by atoms with van der Waals surface area (Å²) in [4.78, 5) is 27.8. The second-order valence-corrected chi connectivity index (χ2v) is 13.5. The number of halogens is 5. The summed E-state index contributed by atoms with van der Waals surface area (Å²) in [7, 11) is 1.84. The molecule has 3 aromatic carbocycles. The molecule has 0 bridgehead atoms. The lowest BCUT2D eigenvalue weighted by molar-refractivity contribution is -0.137. The third-order valence-corrected chi connectivity index (χ3v) is 10.2. The van der Waals surface area contributed by atoms with Crippen LogP contribution < -0.4 is 9.64 Å². The van der Waals surface area contributed by atoms with Crippen molar-refractivity contribution in [3.8, 4) is 16.9 Å². The van der Waals surface area contributed by atoms with Crippen molar-refractivity contribution in [3.63, 3.8) is 0 Å². The van der Waals surface area contributed by atoms with Gasteiger partial charge in [0.15, 0.2) is 0 Å². The fourth-order valence-corrected chi connectivity index (χ4v) is 7.29. The Bertz CT molecular complexity index is 2160. The van der Waals surface area contributed by atoms with Crippen LogP contribution in [0.1, 0.15) is 67.3 Å². The molecule has 0 unspecified atom stereocenters. The van der Waals surface area contributed by atoms with Crippen molar-refractivity contribution in [2.75, 3.05) is 18.1 Å². The van der Waals surface area contributed by atoms with Crippen LogP contribution in [0.25, 0.3) is 22.0 Å². The minimum Gasteiger partial charge on any atom is -0.494 e. The SMILES string of the molecule is Cc1cc(OCCCc2c3n(c4c(-c5c(C)nn(C)c5C)c(Cl)ccc24)CCCN(c2cc(C(=O)O)cc(C(F)(F)F)c2)C3=O)cc(C)c1Cl. The van der Waals surface area contributed by atoms with Gasteiger partial charge in [-0.1, -0.05) is 29.3 Å². The first-order chi connectivity index (χ1) is 23.6. The van der Waals surface area contributed by atoms with E-state index in [4.69, 9.17) is 27.9 Å². The van der Waals surface area contributed by atoms with Crippen LogP contribution in [0.4, 0.5) is 18.9 Å². The third kappa shape index (κ3) is 6.33. The van der Waals surface area contributed by atoms with E-state index in [0.29, 0.717) is 65.5 Å². The average molecular weight is 728 g/mol. The first kappa shape index (κ1) is 35.3. The van der Waals surface area contributed by atoms with Crippen LogP contribution in [-0.2, 0) is 26.2 Å². The first-order valence-electron chi connectivity index (χ1n) is 16.1. The van der Waals surface area contributed by atoms with Crippen molar-refractivity contribution in [2.45, 2.75) is 59.7 Å². The number of amides is 1. The number of alkyl halides is 3. The zero-order valence-electron chi connectivity index (χ0n) is 28.1. The fraction of sp³-hybridized carbons (Fsp3) is 0.324. The van der Waals surface area contributed by atoms with Crippen LogP contribution in [0, 0.1) is 27.7 Å². The second-order valence-electron chi connectivity index (χ2n) is 12.7. The molecule has 6 rings (SSSR count). The fourth-order valence-electron chi connectivity index (χ4n) is 6.93. The van der Waals surface area contributed by atoms with Gasteiger partial charge in [0.1, 0.15) is 11.4 Å². The number of carboxylic acid groups (broad SMARTS) is 1. The van der Waals surface area contributed by atoms with Gasteiger partial charge in [0, 0.05) is 53.1 Å². The second kappa shape index (κ2) is 13.3. The highest BCUT2D eigenvalue weighted by molar-refractivity contribution is 6.35. The monoisotopic (exact) mass is 726 g/mol. The van der Waals surface area contributed by atoms with Gasteiger partial charge in [0.2, 0.25) is 0 Å². The van der Waals surface area contributed by atoms with Gasteiger partial charge in [0.05, 0.1) is 34.0 Å². The molecule has 0 saturated carbocycles. The topological polar surface area (TPSA) is 89.6 Å². The summed E-state index contributed by atoms with van der Waals surface area (Å²) in [5.41, 5.74) is 4.87. The Morgan fingerprint density at radius 2 is 1.70 bits per heavy atom. The standard InChI is InChI=1S/C37H35Cl2F3N4O4/c1-19-14-26(15-20(2)32(19)39)50-13-6-8-27-28-9-10-29(38)31(30-21(3)43-44(5)22(30)4)33(28)46-12-7-11-45(35(47)34(27)46)25-17-23(36(48)49)16-24(18-25)37(40,41)42/h9-10,14-18H,6-8,11-13H2,1-5H3,(H,48,49). The van der Waals surface area contributed by atoms with Crippen molar-refractivity contribution in [2.24, 2.45) is 7.05 Å². The Labute approximate surface area is 297 Å². The van der Waals surface area contributed by atoms with Crippen LogP contribution in [-0.4, -0.2) is 44.5 Å². The predicted octanol–water partition coefficient (Wildman–Crippen LogP) is 9.36. The maximum Gasteiger partial charge on any atom is 0.416 e. The molecular formula is C37H35Cl2F3N4O4. The summed E-state index contributed by atoms with van der Waals surface area (Å²) in [5, 5.41) is 16.2. The molecule has 1 amide bonds. The highest BCUT2D eigenvalue weighted by Gasteiger charge is 2.36. The van der Waals surface area contributed by atoms with E-state index in [9.17, 15) is 27.9 Å². The number of nitrogens with zero attached hydrogens (tertiary/aromatic N) is 4. The van der Waals surface area contributed by atoms with Crippen molar-refractivity contribution in [1.29, 1.82) is 0 Å². The highest BCUT2D eigenvalue weighted by atomic mass is 35.5. The smallest absolute Gasteiger partial charge is 0.416 e. The van der Waals surface area contributed by atoms with Gasteiger partial charge in [-0.15, -0.1) is 0 Å². The summed E-state index contributed by atoms with van der Waals surface area (Å²) in [5.74, 6) is -1.39. The lowest BCUT2D eigenvalue weighted by atomic mass is 9.98. The number of benzene rings is 3. The van der Waals surface area contributed by atoms with E-state index in [1.165, 1.54) is 4.90 Å². The molecule has 0 atom stereocenters. The molecule has 0 radical (unpaired) electrons. The molecule has 8 nitrogen and oxygen atoms in total. The van der Waals surface area contributed by atoms with Crippen LogP contribution in [0.15, 0.2) is 42.5 Å². The molecule has 0 spiro atoms. The number of aromatic nitrogens is 3. The molecule has 3 heterocycles. The van der Waals surface area contributed by atoms with E-state index in [2.05, 4.69) is 5.10 Å². The Morgan fingerprint density at radius 1 is 1.00 bits per heavy atom. The number of anilines is 1. The van der Waals surface area contributed by atoms with Gasteiger partial charge < -0.3 is 19.3 Å². The van der Waals surface area contributed by atoms with Gasteiger partial charge >= 0.3 is 12.1 Å². The Balaban J connectivity index is 1.50. The predicted molar refractivity (Wildman–Crippen MR) is 188 cm³/mol. The molecule has 0 fully saturated rings. The van der Waals surface area contributed by atoms with E-state index < -0.39 is 29.2 Å². The van der Waals surface area contributed by atoms with Gasteiger partial charge in [-0.2, -0.15) is 18.3 Å². The van der Waals surface area contributed by atoms with Gasteiger partial charge in [0.25, 0.3) is 5.91 Å². The van der Waals surface area contributed by atoms with Crippen LogP contribution >= 0.6 is 23.2 Å². The van der Waals surface area contributed by atoms with E-state index >= 15 is 0 Å². The van der Waals surface area contributed by atoms with E-state index in [1.54, 1.807) is 10.7 Å². The van der Waals surface area contributed by atoms with E-state index in [-0.39, 0.29) is 12.2 Å².